The van der Waals surface area contributed by atoms with Gasteiger partial charge < -0.3 is 4.74 Å². The summed E-state index contributed by atoms with van der Waals surface area (Å²) in [7, 11) is 0. The molecule has 0 spiro atoms. The standard InChI is InChI=1S/C10H15BrOS2/c1-10(4-3-8(7-11)12-10)9-13-5-2-6-14-9/h3-4,8-9H,2,5-7H2,1H3/t8-,10-/m0/s1. The fourth-order valence-corrected chi connectivity index (χ4v) is 5.21. The third kappa shape index (κ3) is 2.34. The smallest absolute Gasteiger partial charge is 0.105 e. The highest BCUT2D eigenvalue weighted by Crippen LogP contribution is 2.43. The molecule has 0 amide bonds. The van der Waals surface area contributed by atoms with Gasteiger partial charge in [-0.2, -0.15) is 0 Å². The van der Waals surface area contributed by atoms with E-state index in [0.717, 1.165) is 5.33 Å². The fraction of sp³-hybridized carbons (Fsp3) is 0.800. The molecule has 0 aromatic carbocycles. The number of alkyl halides is 1. The zero-order valence-electron chi connectivity index (χ0n) is 8.24. The van der Waals surface area contributed by atoms with Crippen LogP contribution in [0.1, 0.15) is 13.3 Å². The van der Waals surface area contributed by atoms with Crippen LogP contribution in [-0.4, -0.2) is 33.1 Å². The normalized spacial score (nSPS) is 39.1. The minimum atomic E-state index is -0.0474. The predicted octanol–water partition coefficient (Wildman–Crippen LogP) is 3.29. The summed E-state index contributed by atoms with van der Waals surface area (Å²) in [5, 5.41) is 0.904. The molecule has 2 heterocycles. The minimum absolute atomic E-state index is 0.0474. The van der Waals surface area contributed by atoms with Crippen LogP contribution < -0.4 is 0 Å². The first kappa shape index (κ1) is 11.4. The molecule has 0 saturated carbocycles. The lowest BCUT2D eigenvalue weighted by Gasteiger charge is -2.34. The average molecular weight is 295 g/mol. The van der Waals surface area contributed by atoms with Crippen molar-refractivity contribution in [3.05, 3.63) is 12.2 Å². The Kier molecular flexibility index (Phi) is 3.91. The molecule has 2 aliphatic heterocycles. The number of ether oxygens (including phenoxy) is 1. The summed E-state index contributed by atoms with van der Waals surface area (Å²) in [5.74, 6) is 2.56. The van der Waals surface area contributed by atoms with Gasteiger partial charge in [-0.05, 0) is 24.9 Å². The molecule has 0 radical (unpaired) electrons. The Morgan fingerprint density at radius 2 is 2.21 bits per heavy atom. The summed E-state index contributed by atoms with van der Waals surface area (Å²) in [6.07, 6.45) is 6.04. The van der Waals surface area contributed by atoms with Gasteiger partial charge in [0.2, 0.25) is 0 Å². The van der Waals surface area contributed by atoms with Gasteiger partial charge in [-0.1, -0.05) is 28.1 Å². The van der Waals surface area contributed by atoms with Gasteiger partial charge >= 0.3 is 0 Å². The molecule has 0 aromatic rings. The summed E-state index contributed by atoms with van der Waals surface area (Å²) < 4.78 is 6.62. The molecule has 0 bridgehead atoms. The quantitative estimate of drug-likeness (QED) is 0.571. The molecule has 14 heavy (non-hydrogen) atoms. The van der Waals surface area contributed by atoms with E-state index in [4.69, 9.17) is 4.74 Å². The molecular weight excluding hydrogens is 280 g/mol. The molecule has 0 aliphatic carbocycles. The lowest BCUT2D eigenvalue weighted by Crippen LogP contribution is -2.37. The van der Waals surface area contributed by atoms with Crippen molar-refractivity contribution in [1.82, 2.24) is 0 Å². The van der Waals surface area contributed by atoms with E-state index in [1.807, 2.05) is 23.5 Å². The Labute approximate surface area is 103 Å². The Morgan fingerprint density at radius 3 is 2.79 bits per heavy atom. The Morgan fingerprint density at radius 1 is 1.50 bits per heavy atom. The maximum Gasteiger partial charge on any atom is 0.105 e. The van der Waals surface area contributed by atoms with Crippen LogP contribution in [0, 0.1) is 0 Å². The number of rotatable bonds is 2. The van der Waals surface area contributed by atoms with Crippen LogP contribution in [0.3, 0.4) is 0 Å². The van der Waals surface area contributed by atoms with Gasteiger partial charge in [0.15, 0.2) is 0 Å². The third-order valence-corrected chi connectivity index (χ3v) is 6.54. The van der Waals surface area contributed by atoms with Crippen LogP contribution in [0.5, 0.6) is 0 Å². The van der Waals surface area contributed by atoms with E-state index < -0.39 is 0 Å². The van der Waals surface area contributed by atoms with Crippen molar-refractivity contribution in [3.63, 3.8) is 0 Å². The molecule has 0 unspecified atom stereocenters. The minimum Gasteiger partial charge on any atom is -0.361 e. The van der Waals surface area contributed by atoms with E-state index in [2.05, 4.69) is 35.0 Å². The van der Waals surface area contributed by atoms with Crippen molar-refractivity contribution in [3.8, 4) is 0 Å². The highest BCUT2D eigenvalue weighted by Gasteiger charge is 2.39. The van der Waals surface area contributed by atoms with Crippen LogP contribution in [0.4, 0.5) is 0 Å². The van der Waals surface area contributed by atoms with E-state index in [0.29, 0.717) is 4.58 Å². The second-order valence-corrected chi connectivity index (χ2v) is 7.15. The van der Waals surface area contributed by atoms with E-state index in [-0.39, 0.29) is 11.7 Å². The SMILES string of the molecule is C[C@@]1(C2SCCCS2)C=C[C@@H](CBr)O1. The van der Waals surface area contributed by atoms with Crippen LogP contribution in [0.25, 0.3) is 0 Å². The molecule has 0 aromatic heterocycles. The van der Waals surface area contributed by atoms with Gasteiger partial charge in [-0.25, -0.2) is 0 Å². The maximum atomic E-state index is 6.04. The van der Waals surface area contributed by atoms with Crippen molar-refractivity contribution in [2.75, 3.05) is 16.8 Å². The summed E-state index contributed by atoms with van der Waals surface area (Å²) in [6.45, 7) is 2.21. The number of halogens is 1. The maximum absolute atomic E-state index is 6.04. The molecule has 2 rings (SSSR count). The van der Waals surface area contributed by atoms with Crippen LogP contribution in [0.2, 0.25) is 0 Å². The molecular formula is C10H15BrOS2. The average Bonchev–Trinajstić information content (AvgIpc) is 2.63. The monoisotopic (exact) mass is 294 g/mol. The Hall–Kier alpha value is 0.880. The summed E-state index contributed by atoms with van der Waals surface area (Å²) in [4.78, 5) is 0. The topological polar surface area (TPSA) is 9.23 Å². The fourth-order valence-electron chi connectivity index (χ4n) is 1.74. The van der Waals surface area contributed by atoms with Gasteiger partial charge in [0.25, 0.3) is 0 Å². The van der Waals surface area contributed by atoms with Crippen molar-refractivity contribution in [1.29, 1.82) is 0 Å². The van der Waals surface area contributed by atoms with E-state index >= 15 is 0 Å². The van der Waals surface area contributed by atoms with E-state index in [1.165, 1.54) is 17.9 Å². The van der Waals surface area contributed by atoms with Crippen molar-refractivity contribution in [2.24, 2.45) is 0 Å². The molecule has 1 nitrogen and oxygen atoms in total. The first-order valence-electron chi connectivity index (χ1n) is 4.91. The zero-order chi connectivity index (χ0) is 10.0. The second kappa shape index (κ2) is 4.81. The molecule has 1 saturated heterocycles. The van der Waals surface area contributed by atoms with Crippen molar-refractivity contribution in [2.45, 2.75) is 29.6 Å². The van der Waals surface area contributed by atoms with E-state index in [9.17, 15) is 0 Å². The van der Waals surface area contributed by atoms with Gasteiger partial charge in [0.1, 0.15) is 5.60 Å². The van der Waals surface area contributed by atoms with Crippen molar-refractivity contribution >= 4 is 39.5 Å². The number of thioether (sulfide) groups is 2. The third-order valence-electron chi connectivity index (χ3n) is 2.49. The molecule has 0 N–H and O–H groups in total. The lowest BCUT2D eigenvalue weighted by atomic mass is 10.1. The Bertz CT molecular complexity index is 228. The first-order chi connectivity index (χ1) is 6.74. The van der Waals surface area contributed by atoms with Gasteiger partial charge in [0.05, 0.1) is 10.7 Å². The molecule has 2 atom stereocenters. The number of hydrogen-bond donors (Lipinski definition) is 0. The van der Waals surface area contributed by atoms with Gasteiger partial charge in [0, 0.05) is 5.33 Å². The molecule has 1 fully saturated rings. The first-order valence-corrected chi connectivity index (χ1v) is 8.13. The highest BCUT2D eigenvalue weighted by molar-refractivity contribution is 9.09. The van der Waals surface area contributed by atoms with Crippen molar-refractivity contribution < 1.29 is 4.74 Å². The zero-order valence-corrected chi connectivity index (χ0v) is 11.5. The van der Waals surface area contributed by atoms with Crippen LogP contribution in [-0.2, 0) is 4.74 Å². The van der Waals surface area contributed by atoms with Gasteiger partial charge in [-0.15, -0.1) is 23.5 Å². The van der Waals surface area contributed by atoms with E-state index in [1.54, 1.807) is 0 Å². The largest absolute Gasteiger partial charge is 0.361 e. The summed E-state index contributed by atoms with van der Waals surface area (Å²) >= 11 is 7.55. The number of hydrogen-bond acceptors (Lipinski definition) is 3. The molecule has 80 valence electrons. The second-order valence-electron chi connectivity index (χ2n) is 3.78. The Balaban J connectivity index is 1.99. The predicted molar refractivity (Wildman–Crippen MR) is 69.5 cm³/mol. The molecule has 2 aliphatic rings. The summed E-state index contributed by atoms with van der Waals surface area (Å²) in [5.41, 5.74) is -0.0474. The van der Waals surface area contributed by atoms with Gasteiger partial charge in [-0.3, -0.25) is 0 Å². The van der Waals surface area contributed by atoms with Crippen LogP contribution >= 0.6 is 39.5 Å². The summed E-state index contributed by atoms with van der Waals surface area (Å²) in [6, 6.07) is 0. The highest BCUT2D eigenvalue weighted by atomic mass is 79.9. The lowest BCUT2D eigenvalue weighted by molar-refractivity contribution is 0.0115. The molecule has 4 heteroatoms. The van der Waals surface area contributed by atoms with Crippen LogP contribution in [0.15, 0.2) is 12.2 Å².